The van der Waals surface area contributed by atoms with Gasteiger partial charge in [-0.05, 0) is 24.5 Å². The van der Waals surface area contributed by atoms with Crippen molar-refractivity contribution in [2.75, 3.05) is 23.7 Å². The minimum absolute atomic E-state index is 0.364. The van der Waals surface area contributed by atoms with Gasteiger partial charge in [-0.25, -0.2) is 4.98 Å². The Morgan fingerprint density at radius 3 is 2.94 bits per heavy atom. The van der Waals surface area contributed by atoms with Crippen molar-refractivity contribution >= 4 is 22.7 Å². The number of hydrogen-bond donors (Lipinski definition) is 1. The zero-order valence-corrected chi connectivity index (χ0v) is 10.6. The second-order valence-electron chi connectivity index (χ2n) is 4.93. The van der Waals surface area contributed by atoms with E-state index < -0.39 is 0 Å². The van der Waals surface area contributed by atoms with Gasteiger partial charge in [-0.3, -0.25) is 0 Å². The van der Waals surface area contributed by atoms with Crippen LogP contribution in [-0.4, -0.2) is 23.1 Å². The molecule has 0 amide bonds. The van der Waals surface area contributed by atoms with Gasteiger partial charge in [0.1, 0.15) is 5.82 Å². The summed E-state index contributed by atoms with van der Waals surface area (Å²) < 4.78 is 0. The third-order valence-corrected chi connectivity index (χ3v) is 3.76. The minimum atomic E-state index is 0.364. The molecule has 1 fully saturated rings. The Morgan fingerprint density at radius 1 is 1.33 bits per heavy atom. The Hall–Kier alpha value is -1.84. The molecule has 0 saturated carbocycles. The molecule has 4 nitrogen and oxygen atoms in total. The van der Waals surface area contributed by atoms with Gasteiger partial charge >= 0.3 is 0 Å². The molecular formula is C14H18N4. The number of rotatable bonds is 2. The highest BCUT2D eigenvalue weighted by Gasteiger charge is 2.23. The third kappa shape index (κ3) is 1.88. The molecule has 2 aromatic rings. The van der Waals surface area contributed by atoms with E-state index in [0.717, 1.165) is 35.7 Å². The van der Waals surface area contributed by atoms with E-state index in [1.807, 2.05) is 18.2 Å². The lowest BCUT2D eigenvalue weighted by Crippen LogP contribution is -2.21. The Labute approximate surface area is 107 Å². The van der Waals surface area contributed by atoms with Gasteiger partial charge in [-0.1, -0.05) is 25.5 Å². The molecule has 2 N–H and O–H groups in total. The molecule has 0 radical (unpaired) electrons. The molecule has 1 aromatic carbocycles. The van der Waals surface area contributed by atoms with E-state index in [9.17, 15) is 0 Å². The standard InChI is InChI=1S/C14H18N4/c1-2-10-7-8-18(9-10)13-11-5-3-4-6-12(11)16-14(15)17-13/h3-6,10H,2,7-9H2,1H3,(H2,15,16,17). The van der Waals surface area contributed by atoms with Crippen molar-refractivity contribution in [1.82, 2.24) is 9.97 Å². The Kier molecular flexibility index (Phi) is 2.78. The maximum absolute atomic E-state index is 5.81. The number of para-hydroxylation sites is 1. The van der Waals surface area contributed by atoms with Crippen LogP contribution in [0.4, 0.5) is 11.8 Å². The lowest BCUT2D eigenvalue weighted by molar-refractivity contribution is 0.569. The summed E-state index contributed by atoms with van der Waals surface area (Å²) >= 11 is 0. The van der Waals surface area contributed by atoms with Crippen LogP contribution in [0.5, 0.6) is 0 Å². The molecule has 2 heterocycles. The average Bonchev–Trinajstić information content (AvgIpc) is 2.86. The molecule has 1 aromatic heterocycles. The van der Waals surface area contributed by atoms with Crippen molar-refractivity contribution in [3.63, 3.8) is 0 Å². The van der Waals surface area contributed by atoms with Crippen molar-refractivity contribution in [3.05, 3.63) is 24.3 Å². The zero-order valence-electron chi connectivity index (χ0n) is 10.6. The molecule has 1 unspecified atom stereocenters. The Bertz CT molecular complexity index is 567. The summed E-state index contributed by atoms with van der Waals surface area (Å²) in [5, 5.41) is 1.10. The molecule has 1 aliphatic heterocycles. The highest BCUT2D eigenvalue weighted by molar-refractivity contribution is 5.90. The number of nitrogen functional groups attached to an aromatic ring is 1. The van der Waals surface area contributed by atoms with Gasteiger partial charge in [0.15, 0.2) is 0 Å². The van der Waals surface area contributed by atoms with Crippen LogP contribution in [0.3, 0.4) is 0 Å². The maximum atomic E-state index is 5.81. The van der Waals surface area contributed by atoms with Gasteiger partial charge in [0, 0.05) is 18.5 Å². The molecule has 1 saturated heterocycles. The van der Waals surface area contributed by atoms with Crippen molar-refractivity contribution in [1.29, 1.82) is 0 Å². The van der Waals surface area contributed by atoms with Gasteiger partial charge in [0.25, 0.3) is 0 Å². The summed E-state index contributed by atoms with van der Waals surface area (Å²) in [5.41, 5.74) is 6.74. The van der Waals surface area contributed by atoms with E-state index in [-0.39, 0.29) is 0 Å². The second kappa shape index (κ2) is 4.44. The van der Waals surface area contributed by atoms with Crippen LogP contribution < -0.4 is 10.6 Å². The summed E-state index contributed by atoms with van der Waals surface area (Å²) in [5.74, 6) is 2.14. The molecule has 1 aliphatic rings. The molecule has 0 aliphatic carbocycles. The molecule has 3 rings (SSSR count). The number of hydrogen-bond acceptors (Lipinski definition) is 4. The van der Waals surface area contributed by atoms with Gasteiger partial charge in [0.2, 0.25) is 5.95 Å². The summed E-state index contributed by atoms with van der Waals surface area (Å²) in [7, 11) is 0. The van der Waals surface area contributed by atoms with Gasteiger partial charge in [-0.2, -0.15) is 4.98 Å². The Balaban J connectivity index is 2.06. The van der Waals surface area contributed by atoms with Crippen LogP contribution in [0.25, 0.3) is 10.9 Å². The SMILES string of the molecule is CCC1CCN(c2nc(N)nc3ccccc23)C1. The van der Waals surface area contributed by atoms with E-state index in [0.29, 0.717) is 5.95 Å². The normalized spacial score (nSPS) is 19.6. The number of nitrogens with two attached hydrogens (primary N) is 1. The van der Waals surface area contributed by atoms with E-state index in [1.165, 1.54) is 12.8 Å². The first-order valence-electron chi connectivity index (χ1n) is 6.55. The van der Waals surface area contributed by atoms with Crippen molar-refractivity contribution in [3.8, 4) is 0 Å². The predicted molar refractivity (Wildman–Crippen MR) is 74.6 cm³/mol. The first kappa shape index (κ1) is 11.3. The number of anilines is 2. The number of benzene rings is 1. The minimum Gasteiger partial charge on any atom is -0.368 e. The second-order valence-corrected chi connectivity index (χ2v) is 4.93. The number of aromatic nitrogens is 2. The molecule has 4 heteroatoms. The summed E-state index contributed by atoms with van der Waals surface area (Å²) in [4.78, 5) is 11.1. The fourth-order valence-electron chi connectivity index (χ4n) is 2.68. The van der Waals surface area contributed by atoms with Crippen LogP contribution in [0, 0.1) is 5.92 Å². The molecule has 0 spiro atoms. The van der Waals surface area contributed by atoms with Crippen molar-refractivity contribution in [2.24, 2.45) is 5.92 Å². The lowest BCUT2D eigenvalue weighted by Gasteiger charge is -2.19. The fourth-order valence-corrected chi connectivity index (χ4v) is 2.68. The van der Waals surface area contributed by atoms with Crippen LogP contribution in [0.1, 0.15) is 19.8 Å². The average molecular weight is 242 g/mol. The first-order valence-corrected chi connectivity index (χ1v) is 6.55. The van der Waals surface area contributed by atoms with E-state index >= 15 is 0 Å². The predicted octanol–water partition coefficient (Wildman–Crippen LogP) is 2.45. The van der Waals surface area contributed by atoms with Crippen LogP contribution >= 0.6 is 0 Å². The first-order chi connectivity index (χ1) is 8.78. The van der Waals surface area contributed by atoms with E-state index in [2.05, 4.69) is 27.9 Å². The molecule has 18 heavy (non-hydrogen) atoms. The van der Waals surface area contributed by atoms with Gasteiger partial charge in [0.05, 0.1) is 5.52 Å². The largest absolute Gasteiger partial charge is 0.368 e. The molecule has 94 valence electrons. The zero-order chi connectivity index (χ0) is 12.5. The summed E-state index contributed by atoms with van der Waals surface area (Å²) in [6, 6.07) is 8.07. The topological polar surface area (TPSA) is 55.0 Å². The maximum Gasteiger partial charge on any atom is 0.222 e. The van der Waals surface area contributed by atoms with Gasteiger partial charge < -0.3 is 10.6 Å². The fraction of sp³-hybridized carbons (Fsp3) is 0.429. The number of nitrogens with zero attached hydrogens (tertiary/aromatic N) is 3. The number of fused-ring (bicyclic) bond motifs is 1. The van der Waals surface area contributed by atoms with E-state index in [4.69, 9.17) is 5.73 Å². The highest BCUT2D eigenvalue weighted by atomic mass is 15.2. The van der Waals surface area contributed by atoms with E-state index in [1.54, 1.807) is 0 Å². The smallest absolute Gasteiger partial charge is 0.222 e. The van der Waals surface area contributed by atoms with Crippen molar-refractivity contribution < 1.29 is 0 Å². The monoisotopic (exact) mass is 242 g/mol. The third-order valence-electron chi connectivity index (χ3n) is 3.76. The summed E-state index contributed by atoms with van der Waals surface area (Å²) in [6.07, 6.45) is 2.48. The summed E-state index contributed by atoms with van der Waals surface area (Å²) in [6.45, 7) is 4.40. The van der Waals surface area contributed by atoms with Crippen molar-refractivity contribution in [2.45, 2.75) is 19.8 Å². The van der Waals surface area contributed by atoms with Crippen LogP contribution in [-0.2, 0) is 0 Å². The Morgan fingerprint density at radius 2 is 2.17 bits per heavy atom. The molecular weight excluding hydrogens is 224 g/mol. The molecule has 0 bridgehead atoms. The van der Waals surface area contributed by atoms with Gasteiger partial charge in [-0.15, -0.1) is 0 Å². The molecule has 1 atom stereocenters. The van der Waals surface area contributed by atoms with Crippen LogP contribution in [0.2, 0.25) is 0 Å². The quantitative estimate of drug-likeness (QED) is 0.878. The highest BCUT2D eigenvalue weighted by Crippen LogP contribution is 2.29. The lowest BCUT2D eigenvalue weighted by atomic mass is 10.1. The van der Waals surface area contributed by atoms with Crippen LogP contribution in [0.15, 0.2) is 24.3 Å².